The summed E-state index contributed by atoms with van der Waals surface area (Å²) in [7, 11) is 0. The summed E-state index contributed by atoms with van der Waals surface area (Å²) in [5, 5.41) is 8.73. The van der Waals surface area contributed by atoms with Crippen molar-refractivity contribution >= 4 is 11.9 Å². The van der Waals surface area contributed by atoms with E-state index in [-0.39, 0.29) is 12.5 Å². The summed E-state index contributed by atoms with van der Waals surface area (Å²) in [5.41, 5.74) is 0. The van der Waals surface area contributed by atoms with Crippen LogP contribution in [0.2, 0.25) is 0 Å². The van der Waals surface area contributed by atoms with E-state index in [9.17, 15) is 9.59 Å². The molecular formula is C12H23NO5. The first-order chi connectivity index (χ1) is 8.52. The minimum atomic E-state index is -1.02. The van der Waals surface area contributed by atoms with E-state index in [1.165, 1.54) is 4.90 Å². The van der Waals surface area contributed by atoms with Gasteiger partial charge in [0.1, 0.15) is 12.6 Å². The maximum Gasteiger partial charge on any atom is 0.323 e. The Balaban J connectivity index is 4.15. The van der Waals surface area contributed by atoms with Gasteiger partial charge in [0.2, 0.25) is 0 Å². The fourth-order valence-electron chi connectivity index (χ4n) is 1.46. The van der Waals surface area contributed by atoms with E-state index in [0.717, 1.165) is 0 Å². The monoisotopic (exact) mass is 261 g/mol. The van der Waals surface area contributed by atoms with Gasteiger partial charge in [-0.1, -0.05) is 6.92 Å². The van der Waals surface area contributed by atoms with Crippen molar-refractivity contribution < 1.29 is 24.2 Å². The Morgan fingerprint density at radius 3 is 2.44 bits per heavy atom. The van der Waals surface area contributed by atoms with Gasteiger partial charge in [-0.05, 0) is 20.3 Å². The molecule has 1 N–H and O–H groups in total. The van der Waals surface area contributed by atoms with Crippen LogP contribution in [-0.2, 0) is 19.1 Å². The Morgan fingerprint density at radius 1 is 1.28 bits per heavy atom. The van der Waals surface area contributed by atoms with Crippen molar-refractivity contribution in [3.05, 3.63) is 0 Å². The maximum atomic E-state index is 11.9. The van der Waals surface area contributed by atoms with E-state index < -0.39 is 12.1 Å². The molecule has 0 radical (unpaired) electrons. The highest BCUT2D eigenvalue weighted by molar-refractivity contribution is 5.84. The quantitative estimate of drug-likeness (QED) is 0.587. The van der Waals surface area contributed by atoms with Crippen molar-refractivity contribution in [3.63, 3.8) is 0 Å². The molecule has 0 aliphatic rings. The molecule has 1 amide bonds. The van der Waals surface area contributed by atoms with Crippen molar-refractivity contribution in [2.45, 2.75) is 33.3 Å². The molecule has 18 heavy (non-hydrogen) atoms. The third kappa shape index (κ3) is 7.24. The molecule has 0 heterocycles. The zero-order valence-electron chi connectivity index (χ0n) is 11.3. The molecule has 0 aromatic carbocycles. The summed E-state index contributed by atoms with van der Waals surface area (Å²) in [4.78, 5) is 23.9. The molecule has 0 rings (SSSR count). The average molecular weight is 261 g/mol. The largest absolute Gasteiger partial charge is 0.480 e. The first-order valence-electron chi connectivity index (χ1n) is 6.22. The van der Waals surface area contributed by atoms with Gasteiger partial charge in [-0.25, -0.2) is 0 Å². The summed E-state index contributed by atoms with van der Waals surface area (Å²) in [5.74, 6) is -1.31. The van der Waals surface area contributed by atoms with Crippen molar-refractivity contribution in [2.75, 3.05) is 32.9 Å². The lowest BCUT2D eigenvalue weighted by Gasteiger charge is -2.23. The molecular weight excluding hydrogens is 238 g/mol. The number of carbonyl (C=O) groups is 2. The van der Waals surface area contributed by atoms with Gasteiger partial charge in [-0.3, -0.25) is 9.59 Å². The predicted molar refractivity (Wildman–Crippen MR) is 66.4 cm³/mol. The zero-order valence-corrected chi connectivity index (χ0v) is 11.3. The van der Waals surface area contributed by atoms with Gasteiger partial charge in [-0.2, -0.15) is 0 Å². The number of carbonyl (C=O) groups excluding carboxylic acids is 1. The summed E-state index contributed by atoms with van der Waals surface area (Å²) in [6.45, 7) is 6.89. The Labute approximate surface area is 108 Å². The summed E-state index contributed by atoms with van der Waals surface area (Å²) >= 11 is 0. The van der Waals surface area contributed by atoms with E-state index in [2.05, 4.69) is 0 Å². The third-order valence-corrected chi connectivity index (χ3v) is 2.28. The van der Waals surface area contributed by atoms with Crippen LogP contribution in [0.4, 0.5) is 0 Å². The Kier molecular flexibility index (Phi) is 9.22. The first-order valence-corrected chi connectivity index (χ1v) is 6.22. The highest BCUT2D eigenvalue weighted by Crippen LogP contribution is 2.01. The van der Waals surface area contributed by atoms with Gasteiger partial charge in [-0.15, -0.1) is 0 Å². The number of hydrogen-bond acceptors (Lipinski definition) is 4. The number of carboxylic acid groups (broad SMARTS) is 1. The normalized spacial score (nSPS) is 12.2. The second kappa shape index (κ2) is 9.85. The highest BCUT2D eigenvalue weighted by atomic mass is 16.5. The second-order valence-electron chi connectivity index (χ2n) is 3.86. The van der Waals surface area contributed by atoms with Gasteiger partial charge in [0.05, 0.1) is 13.2 Å². The fourth-order valence-corrected chi connectivity index (χ4v) is 1.46. The fraction of sp³-hybridized carbons (Fsp3) is 0.833. The van der Waals surface area contributed by atoms with Crippen LogP contribution in [0.25, 0.3) is 0 Å². The van der Waals surface area contributed by atoms with Crippen LogP contribution in [0.5, 0.6) is 0 Å². The molecule has 0 fully saturated rings. The number of amides is 1. The second-order valence-corrected chi connectivity index (χ2v) is 3.86. The van der Waals surface area contributed by atoms with E-state index in [1.54, 1.807) is 6.92 Å². The summed E-state index contributed by atoms with van der Waals surface area (Å²) < 4.78 is 10.4. The summed E-state index contributed by atoms with van der Waals surface area (Å²) in [6, 6.07) is 0. The number of carboxylic acids is 1. The molecule has 106 valence electrons. The SMILES string of the molecule is CCCN(CC(=O)O)C(=O)C(C)OCCOCC. The van der Waals surface area contributed by atoms with E-state index >= 15 is 0 Å². The molecule has 6 heteroatoms. The predicted octanol–water partition coefficient (Wildman–Crippen LogP) is 0.751. The van der Waals surface area contributed by atoms with Crippen molar-refractivity contribution in [1.82, 2.24) is 4.90 Å². The van der Waals surface area contributed by atoms with Crippen LogP contribution in [0.15, 0.2) is 0 Å². The lowest BCUT2D eigenvalue weighted by atomic mass is 10.3. The Morgan fingerprint density at radius 2 is 1.94 bits per heavy atom. The number of aliphatic carboxylic acids is 1. The number of hydrogen-bond donors (Lipinski definition) is 1. The topological polar surface area (TPSA) is 76.1 Å². The molecule has 0 aliphatic heterocycles. The van der Waals surface area contributed by atoms with E-state index in [4.69, 9.17) is 14.6 Å². The molecule has 6 nitrogen and oxygen atoms in total. The maximum absolute atomic E-state index is 11.9. The molecule has 0 aromatic heterocycles. The lowest BCUT2D eigenvalue weighted by molar-refractivity contribution is -0.150. The average Bonchev–Trinajstić information content (AvgIpc) is 2.32. The van der Waals surface area contributed by atoms with Crippen LogP contribution in [0.1, 0.15) is 27.2 Å². The molecule has 1 atom stereocenters. The van der Waals surface area contributed by atoms with E-state index in [1.807, 2.05) is 13.8 Å². The molecule has 0 saturated carbocycles. The van der Waals surface area contributed by atoms with Crippen LogP contribution >= 0.6 is 0 Å². The Bertz CT molecular complexity index is 257. The number of rotatable bonds is 10. The smallest absolute Gasteiger partial charge is 0.323 e. The summed E-state index contributed by atoms with van der Waals surface area (Å²) in [6.07, 6.45) is 0.0707. The third-order valence-electron chi connectivity index (χ3n) is 2.28. The van der Waals surface area contributed by atoms with Crippen LogP contribution in [0, 0.1) is 0 Å². The molecule has 0 aromatic rings. The first kappa shape index (κ1) is 16.9. The molecule has 0 aliphatic carbocycles. The van der Waals surface area contributed by atoms with Gasteiger partial charge in [0.25, 0.3) is 5.91 Å². The number of nitrogens with zero attached hydrogens (tertiary/aromatic N) is 1. The highest BCUT2D eigenvalue weighted by Gasteiger charge is 2.22. The molecule has 0 spiro atoms. The lowest BCUT2D eigenvalue weighted by Crippen LogP contribution is -2.42. The zero-order chi connectivity index (χ0) is 14.0. The number of ether oxygens (including phenoxy) is 2. The van der Waals surface area contributed by atoms with Gasteiger partial charge >= 0.3 is 5.97 Å². The van der Waals surface area contributed by atoms with E-state index in [0.29, 0.717) is 32.8 Å². The van der Waals surface area contributed by atoms with Crippen molar-refractivity contribution in [2.24, 2.45) is 0 Å². The van der Waals surface area contributed by atoms with Crippen LogP contribution in [0.3, 0.4) is 0 Å². The van der Waals surface area contributed by atoms with Crippen molar-refractivity contribution in [3.8, 4) is 0 Å². The minimum absolute atomic E-state index is 0.286. The van der Waals surface area contributed by atoms with Gasteiger partial charge < -0.3 is 19.5 Å². The molecule has 0 bridgehead atoms. The minimum Gasteiger partial charge on any atom is -0.480 e. The van der Waals surface area contributed by atoms with Crippen molar-refractivity contribution in [1.29, 1.82) is 0 Å². The van der Waals surface area contributed by atoms with Crippen LogP contribution < -0.4 is 0 Å². The van der Waals surface area contributed by atoms with Gasteiger partial charge in [0, 0.05) is 13.2 Å². The van der Waals surface area contributed by atoms with Gasteiger partial charge in [0.15, 0.2) is 0 Å². The molecule has 1 unspecified atom stereocenters. The standard InChI is InChI=1S/C12H23NO5/c1-4-6-13(9-11(14)15)12(16)10(3)18-8-7-17-5-2/h10H,4-9H2,1-3H3,(H,14,15). The van der Waals surface area contributed by atoms with Crippen LogP contribution in [-0.4, -0.2) is 60.9 Å². The molecule has 0 saturated heterocycles. The Hall–Kier alpha value is -1.14.